The highest BCUT2D eigenvalue weighted by molar-refractivity contribution is 7.91. The van der Waals surface area contributed by atoms with Crippen LogP contribution in [0, 0.1) is 6.92 Å². The first kappa shape index (κ1) is 15.7. The van der Waals surface area contributed by atoms with Crippen molar-refractivity contribution in [1.29, 1.82) is 0 Å². The van der Waals surface area contributed by atoms with Gasteiger partial charge >= 0.3 is 0 Å². The van der Waals surface area contributed by atoms with Gasteiger partial charge in [-0.1, -0.05) is 24.3 Å². The summed E-state index contributed by atoms with van der Waals surface area (Å²) < 4.78 is 27.7. The number of fused-ring (bicyclic) bond motifs is 1. The molecule has 0 saturated heterocycles. The fourth-order valence-corrected chi connectivity index (χ4v) is 6.08. The normalized spacial score (nSPS) is 17.9. The lowest BCUT2D eigenvalue weighted by molar-refractivity contribution is 0.226. The molecule has 2 aromatic rings. The summed E-state index contributed by atoms with van der Waals surface area (Å²) in [5.74, 6) is 0. The molecule has 0 bridgehead atoms. The van der Waals surface area contributed by atoms with Gasteiger partial charge in [-0.25, -0.2) is 8.42 Å². The zero-order chi connectivity index (χ0) is 15.7. The smallest absolute Gasteiger partial charge is 0.253 e. The molecular weight excluding hydrogens is 318 g/mol. The van der Waals surface area contributed by atoms with Crippen LogP contribution in [0.5, 0.6) is 0 Å². The number of thiophene rings is 1. The molecule has 4 nitrogen and oxygen atoms in total. The summed E-state index contributed by atoms with van der Waals surface area (Å²) in [7, 11) is -3.58. The van der Waals surface area contributed by atoms with E-state index in [0.29, 0.717) is 4.21 Å². The molecule has 118 valence electrons. The molecule has 1 aliphatic carbocycles. The molecule has 1 aromatic heterocycles. The second-order valence-electron chi connectivity index (χ2n) is 5.46. The molecule has 0 radical (unpaired) electrons. The quantitative estimate of drug-likeness (QED) is 0.913. The van der Waals surface area contributed by atoms with E-state index >= 15 is 0 Å². The van der Waals surface area contributed by atoms with Crippen LogP contribution in [0.3, 0.4) is 0 Å². The van der Waals surface area contributed by atoms with Gasteiger partial charge in [0.2, 0.25) is 0 Å². The lowest BCUT2D eigenvalue weighted by atomic mass is 10.1. The molecule has 1 heterocycles. The Labute approximate surface area is 135 Å². The molecule has 6 heteroatoms. The number of hydrogen-bond acceptors (Lipinski definition) is 4. The van der Waals surface area contributed by atoms with E-state index in [1.807, 2.05) is 37.3 Å². The molecular formula is C16H19NO3S2. The second kappa shape index (κ2) is 6.12. The number of aryl methyl sites for hydroxylation is 2. The Morgan fingerprint density at radius 3 is 2.73 bits per heavy atom. The fraction of sp³-hybridized carbons (Fsp3) is 0.375. The Morgan fingerprint density at radius 2 is 2.05 bits per heavy atom. The Hall–Kier alpha value is -1.21. The summed E-state index contributed by atoms with van der Waals surface area (Å²) >= 11 is 1.28. The van der Waals surface area contributed by atoms with E-state index in [1.54, 1.807) is 6.07 Å². The molecule has 1 aliphatic rings. The van der Waals surface area contributed by atoms with Crippen molar-refractivity contribution in [2.45, 2.75) is 30.0 Å². The van der Waals surface area contributed by atoms with Crippen LogP contribution in [0.2, 0.25) is 0 Å². The predicted molar refractivity (Wildman–Crippen MR) is 87.5 cm³/mol. The Balaban J connectivity index is 2.01. The number of nitrogens with zero attached hydrogens (tertiary/aromatic N) is 1. The molecule has 1 unspecified atom stereocenters. The van der Waals surface area contributed by atoms with E-state index in [4.69, 9.17) is 0 Å². The van der Waals surface area contributed by atoms with Crippen molar-refractivity contribution in [2.24, 2.45) is 0 Å². The average Bonchev–Trinajstić information content (AvgIpc) is 3.11. The maximum Gasteiger partial charge on any atom is 0.253 e. The van der Waals surface area contributed by atoms with Gasteiger partial charge in [0, 0.05) is 11.4 Å². The highest BCUT2D eigenvalue weighted by atomic mass is 32.2. The monoisotopic (exact) mass is 337 g/mol. The van der Waals surface area contributed by atoms with Crippen LogP contribution in [0.4, 0.5) is 0 Å². The third kappa shape index (κ3) is 2.72. The number of benzene rings is 1. The first-order valence-electron chi connectivity index (χ1n) is 7.31. The molecule has 1 atom stereocenters. The lowest BCUT2D eigenvalue weighted by Gasteiger charge is -2.27. The summed E-state index contributed by atoms with van der Waals surface area (Å²) in [5.41, 5.74) is 2.26. The standard InChI is InChI=1S/C16H19NO3S2/c1-12-6-9-16(21-12)22(19,20)17(10-11-18)15-8-7-13-4-2-3-5-14(13)15/h2-6,9,15,18H,7-8,10-11H2,1H3. The van der Waals surface area contributed by atoms with Crippen molar-refractivity contribution in [3.63, 3.8) is 0 Å². The van der Waals surface area contributed by atoms with Crippen LogP contribution in [-0.4, -0.2) is 31.0 Å². The number of hydrogen-bond donors (Lipinski definition) is 1. The van der Waals surface area contributed by atoms with Crippen LogP contribution in [-0.2, 0) is 16.4 Å². The van der Waals surface area contributed by atoms with Gasteiger partial charge in [-0.2, -0.15) is 4.31 Å². The second-order valence-corrected chi connectivity index (χ2v) is 8.86. The highest BCUT2D eigenvalue weighted by Gasteiger charge is 2.36. The van der Waals surface area contributed by atoms with Gasteiger partial charge in [-0.3, -0.25) is 0 Å². The minimum Gasteiger partial charge on any atom is -0.395 e. The molecule has 0 saturated carbocycles. The molecule has 0 spiro atoms. The van der Waals surface area contributed by atoms with Gasteiger partial charge in [0.25, 0.3) is 10.0 Å². The predicted octanol–water partition coefficient (Wildman–Crippen LogP) is 2.73. The zero-order valence-corrected chi connectivity index (χ0v) is 14.0. The average molecular weight is 337 g/mol. The van der Waals surface area contributed by atoms with Crippen LogP contribution in [0.1, 0.15) is 28.5 Å². The first-order valence-corrected chi connectivity index (χ1v) is 9.56. The van der Waals surface area contributed by atoms with Gasteiger partial charge < -0.3 is 5.11 Å². The van der Waals surface area contributed by atoms with Crippen molar-refractivity contribution in [3.05, 3.63) is 52.4 Å². The summed E-state index contributed by atoms with van der Waals surface area (Å²) in [6.45, 7) is 1.84. The summed E-state index contributed by atoms with van der Waals surface area (Å²) in [6.07, 6.45) is 1.64. The molecule has 1 aromatic carbocycles. The summed E-state index contributed by atoms with van der Waals surface area (Å²) in [5, 5.41) is 9.36. The van der Waals surface area contributed by atoms with E-state index in [2.05, 4.69) is 0 Å². The SMILES string of the molecule is Cc1ccc(S(=O)(=O)N(CCO)C2CCc3ccccc32)s1. The number of aliphatic hydroxyl groups is 1. The van der Waals surface area contributed by atoms with Gasteiger partial charge in [0.05, 0.1) is 12.6 Å². The zero-order valence-electron chi connectivity index (χ0n) is 12.4. The van der Waals surface area contributed by atoms with Crippen molar-refractivity contribution in [2.75, 3.05) is 13.2 Å². The van der Waals surface area contributed by atoms with Gasteiger partial charge in [0.1, 0.15) is 4.21 Å². The van der Waals surface area contributed by atoms with Crippen molar-refractivity contribution < 1.29 is 13.5 Å². The lowest BCUT2D eigenvalue weighted by Crippen LogP contribution is -2.35. The third-order valence-electron chi connectivity index (χ3n) is 4.05. The summed E-state index contributed by atoms with van der Waals surface area (Å²) in [4.78, 5) is 0.967. The molecule has 1 N–H and O–H groups in total. The van der Waals surface area contributed by atoms with Crippen LogP contribution >= 0.6 is 11.3 Å². The Morgan fingerprint density at radius 1 is 1.27 bits per heavy atom. The van der Waals surface area contributed by atoms with Crippen LogP contribution in [0.15, 0.2) is 40.6 Å². The van der Waals surface area contributed by atoms with Crippen LogP contribution < -0.4 is 0 Å². The van der Waals surface area contributed by atoms with E-state index in [9.17, 15) is 13.5 Å². The Kier molecular flexibility index (Phi) is 4.36. The summed E-state index contributed by atoms with van der Waals surface area (Å²) in [6, 6.07) is 11.2. The molecule has 22 heavy (non-hydrogen) atoms. The van der Waals surface area contributed by atoms with Crippen molar-refractivity contribution >= 4 is 21.4 Å². The molecule has 3 rings (SSSR count). The molecule has 0 amide bonds. The van der Waals surface area contributed by atoms with E-state index in [0.717, 1.165) is 23.3 Å². The topological polar surface area (TPSA) is 57.6 Å². The van der Waals surface area contributed by atoms with Crippen LogP contribution in [0.25, 0.3) is 0 Å². The van der Waals surface area contributed by atoms with E-state index < -0.39 is 10.0 Å². The van der Waals surface area contributed by atoms with E-state index in [1.165, 1.54) is 21.2 Å². The Bertz CT molecular complexity index is 767. The van der Waals surface area contributed by atoms with E-state index in [-0.39, 0.29) is 19.2 Å². The maximum atomic E-state index is 13.0. The van der Waals surface area contributed by atoms with Gasteiger partial charge in [0.15, 0.2) is 0 Å². The number of sulfonamides is 1. The number of rotatable bonds is 5. The first-order chi connectivity index (χ1) is 10.5. The maximum absolute atomic E-state index is 13.0. The molecule has 0 fully saturated rings. The van der Waals surface area contributed by atoms with Crippen molar-refractivity contribution in [3.8, 4) is 0 Å². The minimum absolute atomic E-state index is 0.123. The van der Waals surface area contributed by atoms with Crippen molar-refractivity contribution in [1.82, 2.24) is 4.31 Å². The van der Waals surface area contributed by atoms with Gasteiger partial charge in [-0.05, 0) is 43.0 Å². The third-order valence-corrected chi connectivity index (χ3v) is 7.42. The molecule has 0 aliphatic heterocycles. The highest BCUT2D eigenvalue weighted by Crippen LogP contribution is 2.39. The number of aliphatic hydroxyl groups excluding tert-OH is 1. The fourth-order valence-electron chi connectivity index (χ4n) is 3.04. The minimum atomic E-state index is -3.58. The van der Waals surface area contributed by atoms with Gasteiger partial charge in [-0.15, -0.1) is 11.3 Å². The largest absolute Gasteiger partial charge is 0.395 e.